The maximum Gasteiger partial charge on any atom is 0.0117 e. The first-order chi connectivity index (χ1) is 8.98. The Morgan fingerprint density at radius 3 is 2.53 bits per heavy atom. The fraction of sp³-hybridized carbons (Fsp3) is 1.00. The number of nitrogens with zero attached hydrogens (tertiary/aromatic N) is 1. The molecular formula is C17H36N2. The lowest BCUT2D eigenvalue weighted by Gasteiger charge is -2.41. The van der Waals surface area contributed by atoms with Gasteiger partial charge in [-0.1, -0.05) is 53.9 Å². The van der Waals surface area contributed by atoms with E-state index in [1.54, 1.807) is 0 Å². The van der Waals surface area contributed by atoms with Gasteiger partial charge in [0.25, 0.3) is 0 Å². The van der Waals surface area contributed by atoms with Crippen LogP contribution < -0.4 is 5.32 Å². The molecule has 2 heteroatoms. The topological polar surface area (TPSA) is 15.3 Å². The van der Waals surface area contributed by atoms with Gasteiger partial charge in [0.05, 0.1) is 0 Å². The van der Waals surface area contributed by atoms with E-state index < -0.39 is 0 Å². The first kappa shape index (κ1) is 17.0. The molecule has 1 rings (SSSR count). The Morgan fingerprint density at radius 1 is 1.21 bits per heavy atom. The fourth-order valence-corrected chi connectivity index (χ4v) is 3.48. The van der Waals surface area contributed by atoms with Crippen LogP contribution in [0.5, 0.6) is 0 Å². The SMILES string of the molecule is CCCCCC(C)(C)CN1CCC(NCC)C(C)C1. The van der Waals surface area contributed by atoms with Crippen molar-refractivity contribution in [3.05, 3.63) is 0 Å². The van der Waals surface area contributed by atoms with Crippen molar-refractivity contribution in [2.75, 3.05) is 26.2 Å². The molecule has 2 unspecified atom stereocenters. The highest BCUT2D eigenvalue weighted by molar-refractivity contribution is 4.85. The van der Waals surface area contributed by atoms with E-state index in [1.807, 2.05) is 0 Å². The summed E-state index contributed by atoms with van der Waals surface area (Å²) in [5.74, 6) is 0.792. The molecule has 0 spiro atoms. The molecule has 2 nitrogen and oxygen atoms in total. The number of piperidine rings is 1. The molecule has 1 fully saturated rings. The predicted molar refractivity (Wildman–Crippen MR) is 85.6 cm³/mol. The van der Waals surface area contributed by atoms with E-state index in [0.717, 1.165) is 18.5 Å². The van der Waals surface area contributed by atoms with Crippen LogP contribution in [0.3, 0.4) is 0 Å². The molecule has 0 aromatic heterocycles. The largest absolute Gasteiger partial charge is 0.314 e. The Kier molecular flexibility index (Phi) is 7.38. The third kappa shape index (κ3) is 6.27. The van der Waals surface area contributed by atoms with Gasteiger partial charge < -0.3 is 10.2 Å². The van der Waals surface area contributed by atoms with E-state index in [1.165, 1.54) is 51.7 Å². The standard InChI is InChI=1S/C17H36N2/c1-6-8-9-11-17(4,5)14-19-12-10-16(18-7-2)15(3)13-19/h15-16,18H,6-14H2,1-5H3. The second-order valence-corrected chi connectivity index (χ2v) is 7.29. The summed E-state index contributed by atoms with van der Waals surface area (Å²) in [7, 11) is 0. The van der Waals surface area contributed by atoms with Gasteiger partial charge in [-0.25, -0.2) is 0 Å². The van der Waals surface area contributed by atoms with Crippen molar-refractivity contribution < 1.29 is 0 Å². The van der Waals surface area contributed by atoms with E-state index in [0.29, 0.717) is 5.41 Å². The van der Waals surface area contributed by atoms with Crippen LogP contribution >= 0.6 is 0 Å². The van der Waals surface area contributed by atoms with Crippen LogP contribution in [0.1, 0.15) is 66.7 Å². The fourth-order valence-electron chi connectivity index (χ4n) is 3.48. The van der Waals surface area contributed by atoms with Gasteiger partial charge in [-0.2, -0.15) is 0 Å². The van der Waals surface area contributed by atoms with Gasteiger partial charge in [0.2, 0.25) is 0 Å². The lowest BCUT2D eigenvalue weighted by molar-refractivity contribution is 0.0991. The summed E-state index contributed by atoms with van der Waals surface area (Å²) >= 11 is 0. The van der Waals surface area contributed by atoms with E-state index in [2.05, 4.69) is 44.8 Å². The van der Waals surface area contributed by atoms with Crippen molar-refractivity contribution in [2.45, 2.75) is 72.8 Å². The Morgan fingerprint density at radius 2 is 1.95 bits per heavy atom. The van der Waals surface area contributed by atoms with E-state index in [9.17, 15) is 0 Å². The Bertz CT molecular complexity index is 237. The van der Waals surface area contributed by atoms with E-state index in [-0.39, 0.29) is 0 Å². The summed E-state index contributed by atoms with van der Waals surface area (Å²) < 4.78 is 0. The van der Waals surface area contributed by atoms with E-state index >= 15 is 0 Å². The van der Waals surface area contributed by atoms with Crippen molar-refractivity contribution in [2.24, 2.45) is 11.3 Å². The van der Waals surface area contributed by atoms with Gasteiger partial charge in [0.1, 0.15) is 0 Å². The summed E-state index contributed by atoms with van der Waals surface area (Å²) in [5.41, 5.74) is 0.486. The van der Waals surface area contributed by atoms with Gasteiger partial charge in [0.15, 0.2) is 0 Å². The summed E-state index contributed by atoms with van der Waals surface area (Å²) in [5, 5.41) is 3.63. The van der Waals surface area contributed by atoms with Crippen LogP contribution in [-0.2, 0) is 0 Å². The Hall–Kier alpha value is -0.0800. The zero-order valence-corrected chi connectivity index (χ0v) is 14.0. The van der Waals surface area contributed by atoms with Crippen molar-refractivity contribution in [3.63, 3.8) is 0 Å². The molecule has 0 amide bonds. The van der Waals surface area contributed by atoms with Gasteiger partial charge in [-0.15, -0.1) is 0 Å². The van der Waals surface area contributed by atoms with Crippen molar-refractivity contribution >= 4 is 0 Å². The van der Waals surface area contributed by atoms with Gasteiger partial charge >= 0.3 is 0 Å². The number of hydrogen-bond donors (Lipinski definition) is 1. The molecule has 1 N–H and O–H groups in total. The molecule has 1 aliphatic heterocycles. The summed E-state index contributed by atoms with van der Waals surface area (Å²) in [6.07, 6.45) is 6.82. The maximum atomic E-state index is 3.63. The van der Waals surface area contributed by atoms with Crippen molar-refractivity contribution in [3.8, 4) is 0 Å². The minimum Gasteiger partial charge on any atom is -0.314 e. The average molecular weight is 268 g/mol. The highest BCUT2D eigenvalue weighted by Crippen LogP contribution is 2.27. The third-order valence-electron chi connectivity index (χ3n) is 4.56. The third-order valence-corrected chi connectivity index (χ3v) is 4.56. The molecule has 0 aromatic rings. The Balaban J connectivity index is 2.33. The molecule has 0 radical (unpaired) electrons. The van der Waals surface area contributed by atoms with Crippen LogP contribution in [0.4, 0.5) is 0 Å². The number of rotatable bonds is 8. The average Bonchev–Trinajstić information content (AvgIpc) is 2.32. The molecule has 0 bridgehead atoms. The van der Waals surface area contributed by atoms with Crippen LogP contribution in [0, 0.1) is 11.3 Å². The highest BCUT2D eigenvalue weighted by atomic mass is 15.2. The minimum absolute atomic E-state index is 0.486. The van der Waals surface area contributed by atoms with Crippen LogP contribution in [-0.4, -0.2) is 37.1 Å². The monoisotopic (exact) mass is 268 g/mol. The Labute approximate surface area is 121 Å². The normalized spacial score (nSPS) is 25.7. The van der Waals surface area contributed by atoms with Gasteiger partial charge in [0, 0.05) is 19.1 Å². The maximum absolute atomic E-state index is 3.63. The van der Waals surface area contributed by atoms with Gasteiger partial charge in [-0.3, -0.25) is 0 Å². The second kappa shape index (κ2) is 8.26. The predicted octanol–water partition coefficient (Wildman–Crippen LogP) is 3.91. The van der Waals surface area contributed by atoms with Crippen molar-refractivity contribution in [1.29, 1.82) is 0 Å². The van der Waals surface area contributed by atoms with Gasteiger partial charge in [-0.05, 0) is 37.3 Å². The highest BCUT2D eigenvalue weighted by Gasteiger charge is 2.28. The molecule has 1 saturated heterocycles. The molecule has 0 saturated carbocycles. The summed E-state index contributed by atoms with van der Waals surface area (Å²) in [6, 6.07) is 0.740. The number of nitrogens with one attached hydrogen (secondary N) is 1. The van der Waals surface area contributed by atoms with Crippen LogP contribution in [0.2, 0.25) is 0 Å². The zero-order valence-electron chi connectivity index (χ0n) is 14.0. The summed E-state index contributed by atoms with van der Waals surface area (Å²) in [6.45, 7) is 16.7. The van der Waals surface area contributed by atoms with Crippen LogP contribution in [0.15, 0.2) is 0 Å². The molecule has 1 aliphatic rings. The lowest BCUT2D eigenvalue weighted by atomic mass is 9.84. The quantitative estimate of drug-likeness (QED) is 0.671. The molecular weight excluding hydrogens is 232 g/mol. The first-order valence-corrected chi connectivity index (χ1v) is 8.44. The zero-order chi connectivity index (χ0) is 14.3. The van der Waals surface area contributed by atoms with Crippen molar-refractivity contribution in [1.82, 2.24) is 10.2 Å². The first-order valence-electron chi connectivity index (χ1n) is 8.44. The number of likely N-dealkylation sites (tertiary alicyclic amines) is 1. The molecule has 19 heavy (non-hydrogen) atoms. The minimum atomic E-state index is 0.486. The smallest absolute Gasteiger partial charge is 0.0117 e. The molecule has 0 aliphatic carbocycles. The van der Waals surface area contributed by atoms with Crippen LogP contribution in [0.25, 0.3) is 0 Å². The van der Waals surface area contributed by atoms with E-state index in [4.69, 9.17) is 0 Å². The molecule has 1 heterocycles. The molecule has 0 aromatic carbocycles. The molecule has 114 valence electrons. The second-order valence-electron chi connectivity index (χ2n) is 7.29. The summed E-state index contributed by atoms with van der Waals surface area (Å²) in [4.78, 5) is 2.70. The number of hydrogen-bond acceptors (Lipinski definition) is 2. The number of unbranched alkanes of at least 4 members (excludes halogenated alkanes) is 2. The molecule has 2 atom stereocenters. The lowest BCUT2D eigenvalue weighted by Crippen LogP contribution is -2.50.